The van der Waals surface area contributed by atoms with Crippen LogP contribution in [0.15, 0.2) is 0 Å². The van der Waals surface area contributed by atoms with E-state index in [1.165, 1.54) is 51.4 Å². The van der Waals surface area contributed by atoms with Crippen LogP contribution in [-0.2, 0) is 0 Å². The molecule has 2 nitrogen and oxygen atoms in total. The molecule has 4 fully saturated rings. The lowest BCUT2D eigenvalue weighted by molar-refractivity contribution is -0.199. The molecule has 2 heteroatoms. The van der Waals surface area contributed by atoms with Gasteiger partial charge in [-0.05, 0) is 97.2 Å². The van der Waals surface area contributed by atoms with Crippen LogP contribution < -0.4 is 0 Å². The van der Waals surface area contributed by atoms with Gasteiger partial charge in [0.15, 0.2) is 0 Å². The van der Waals surface area contributed by atoms with Crippen LogP contribution in [0.5, 0.6) is 0 Å². The Kier molecular flexibility index (Phi) is 6.19. The average Bonchev–Trinajstić information content (AvgIpc) is 3.01. The van der Waals surface area contributed by atoms with Gasteiger partial charge in [0.2, 0.25) is 0 Å². The van der Waals surface area contributed by atoms with Crippen molar-refractivity contribution < 1.29 is 10.2 Å². The Morgan fingerprint density at radius 2 is 1.66 bits per heavy atom. The van der Waals surface area contributed by atoms with Crippen LogP contribution in [0.25, 0.3) is 0 Å². The number of rotatable bonds is 5. The van der Waals surface area contributed by atoms with Gasteiger partial charge < -0.3 is 10.2 Å². The summed E-state index contributed by atoms with van der Waals surface area (Å²) in [6.45, 7) is 12.2. The highest BCUT2D eigenvalue weighted by Gasteiger charge is 2.64. The third-order valence-electron chi connectivity index (χ3n) is 10.9. The molecule has 0 radical (unpaired) electrons. The van der Waals surface area contributed by atoms with E-state index in [9.17, 15) is 10.2 Å². The van der Waals surface area contributed by atoms with E-state index in [1.807, 2.05) is 0 Å². The molecule has 168 valence electrons. The summed E-state index contributed by atoms with van der Waals surface area (Å²) in [5.41, 5.74) is 0.451. The Labute approximate surface area is 180 Å². The van der Waals surface area contributed by atoms with Gasteiger partial charge in [0.05, 0.1) is 12.2 Å². The molecule has 4 aliphatic rings. The largest absolute Gasteiger partial charge is 0.393 e. The van der Waals surface area contributed by atoms with E-state index in [-0.39, 0.29) is 17.6 Å². The zero-order chi connectivity index (χ0) is 21.0. The van der Waals surface area contributed by atoms with Crippen LogP contribution in [0.1, 0.15) is 105 Å². The normalized spacial score (nSPS) is 50.7. The second kappa shape index (κ2) is 8.12. The summed E-state index contributed by atoms with van der Waals surface area (Å²) in [6.07, 6.45) is 13.3. The van der Waals surface area contributed by atoms with Crippen molar-refractivity contribution in [2.75, 3.05) is 0 Å². The zero-order valence-corrected chi connectivity index (χ0v) is 19.9. The summed E-state index contributed by atoms with van der Waals surface area (Å²) in [6, 6.07) is 0. The van der Waals surface area contributed by atoms with Crippen molar-refractivity contribution in [1.29, 1.82) is 0 Å². The molecule has 0 spiro atoms. The number of aliphatic hydroxyl groups is 2. The van der Waals surface area contributed by atoms with Crippen LogP contribution >= 0.6 is 0 Å². The Morgan fingerprint density at radius 3 is 2.38 bits per heavy atom. The molecule has 2 N–H and O–H groups in total. The molecule has 0 saturated heterocycles. The molecule has 4 rings (SSSR count). The number of hydrogen-bond donors (Lipinski definition) is 2. The fourth-order valence-corrected chi connectivity index (χ4v) is 9.30. The fraction of sp³-hybridized carbons (Fsp3) is 1.00. The van der Waals surface area contributed by atoms with E-state index in [2.05, 4.69) is 34.6 Å². The second-order valence-electron chi connectivity index (χ2n) is 12.6. The summed E-state index contributed by atoms with van der Waals surface area (Å²) < 4.78 is 0. The van der Waals surface area contributed by atoms with Crippen LogP contribution in [0.2, 0.25) is 0 Å². The summed E-state index contributed by atoms with van der Waals surface area (Å²) in [5, 5.41) is 22.4. The molecule has 0 aromatic heterocycles. The fourth-order valence-electron chi connectivity index (χ4n) is 9.30. The molecular formula is C27H48O2. The Morgan fingerprint density at radius 1 is 0.897 bits per heavy atom. The first kappa shape index (κ1) is 22.1. The molecule has 4 aliphatic carbocycles. The van der Waals surface area contributed by atoms with Crippen LogP contribution in [0, 0.1) is 52.3 Å². The number of hydrogen-bond acceptors (Lipinski definition) is 2. The topological polar surface area (TPSA) is 40.5 Å². The van der Waals surface area contributed by atoms with Crippen molar-refractivity contribution in [2.24, 2.45) is 52.3 Å². The lowest BCUT2D eigenvalue weighted by atomic mass is 9.43. The van der Waals surface area contributed by atoms with Gasteiger partial charge in [-0.25, -0.2) is 0 Å². The number of aliphatic hydroxyl groups excluding tert-OH is 2. The maximum Gasteiger partial charge on any atom is 0.0599 e. The number of fused-ring (bicyclic) bond motifs is 5. The minimum Gasteiger partial charge on any atom is -0.393 e. The van der Waals surface area contributed by atoms with E-state index in [0.29, 0.717) is 29.1 Å². The first-order chi connectivity index (χ1) is 13.7. The molecule has 0 aromatic carbocycles. The predicted octanol–water partition coefficient (Wildman–Crippen LogP) is 6.44. The van der Waals surface area contributed by atoms with E-state index in [4.69, 9.17) is 0 Å². The first-order valence-corrected chi connectivity index (χ1v) is 13.1. The molecule has 0 bridgehead atoms. The zero-order valence-electron chi connectivity index (χ0n) is 19.9. The smallest absolute Gasteiger partial charge is 0.0599 e. The van der Waals surface area contributed by atoms with Gasteiger partial charge in [-0.1, -0.05) is 60.3 Å². The van der Waals surface area contributed by atoms with Gasteiger partial charge in [-0.3, -0.25) is 0 Å². The van der Waals surface area contributed by atoms with Gasteiger partial charge in [-0.2, -0.15) is 0 Å². The molecule has 29 heavy (non-hydrogen) atoms. The molecule has 0 heterocycles. The Balaban J connectivity index is 1.53. The van der Waals surface area contributed by atoms with E-state index in [0.717, 1.165) is 37.0 Å². The van der Waals surface area contributed by atoms with Crippen molar-refractivity contribution in [3.63, 3.8) is 0 Å². The summed E-state index contributed by atoms with van der Waals surface area (Å²) >= 11 is 0. The SMILES string of the molecule is CC(C)CCC[C@@H](C)[C@H]1CC[C@H]2[C@@H]3C(O)CC4CCC[C@H](O)[C@]4(C)[C@H]3CC[C@]12C. The molecule has 4 saturated carbocycles. The standard InChI is InChI=1S/C27H48O2/c1-17(2)8-6-9-18(3)20-12-13-21-25-22(14-15-26(20,21)4)27(5)19(16-23(25)28)10-7-11-24(27)29/h17-25,28-29H,6-16H2,1-5H3/t18-,19?,20-,21+,22+,23?,24+,25+,26-,27+/m1/s1. The van der Waals surface area contributed by atoms with E-state index < -0.39 is 0 Å². The molecule has 0 amide bonds. The van der Waals surface area contributed by atoms with Crippen LogP contribution in [-0.4, -0.2) is 22.4 Å². The van der Waals surface area contributed by atoms with Gasteiger partial charge in [0, 0.05) is 0 Å². The highest BCUT2D eigenvalue weighted by Crippen LogP contribution is 2.68. The van der Waals surface area contributed by atoms with Crippen molar-refractivity contribution in [3.8, 4) is 0 Å². The maximum atomic E-state index is 11.4. The van der Waals surface area contributed by atoms with Gasteiger partial charge in [0.25, 0.3) is 0 Å². The van der Waals surface area contributed by atoms with Crippen LogP contribution in [0.4, 0.5) is 0 Å². The van der Waals surface area contributed by atoms with Gasteiger partial charge >= 0.3 is 0 Å². The lowest BCUT2D eigenvalue weighted by Crippen LogP contribution is -2.61. The summed E-state index contributed by atoms with van der Waals surface area (Å²) in [4.78, 5) is 0. The minimum atomic E-state index is -0.155. The summed E-state index contributed by atoms with van der Waals surface area (Å²) in [5.74, 6) is 4.60. The van der Waals surface area contributed by atoms with Crippen molar-refractivity contribution in [1.82, 2.24) is 0 Å². The highest BCUT2D eigenvalue weighted by atomic mass is 16.3. The average molecular weight is 405 g/mol. The Hall–Kier alpha value is -0.0800. The third kappa shape index (κ3) is 3.53. The lowest BCUT2D eigenvalue weighted by Gasteiger charge is -2.63. The Bertz CT molecular complexity index is 573. The molecule has 2 unspecified atom stereocenters. The van der Waals surface area contributed by atoms with Crippen molar-refractivity contribution in [3.05, 3.63) is 0 Å². The molecule has 10 atom stereocenters. The maximum absolute atomic E-state index is 11.4. The predicted molar refractivity (Wildman–Crippen MR) is 120 cm³/mol. The van der Waals surface area contributed by atoms with Crippen molar-refractivity contribution in [2.45, 2.75) is 117 Å². The monoisotopic (exact) mass is 404 g/mol. The van der Waals surface area contributed by atoms with E-state index in [1.54, 1.807) is 0 Å². The van der Waals surface area contributed by atoms with Gasteiger partial charge in [-0.15, -0.1) is 0 Å². The van der Waals surface area contributed by atoms with Gasteiger partial charge in [0.1, 0.15) is 0 Å². The summed E-state index contributed by atoms with van der Waals surface area (Å²) in [7, 11) is 0. The second-order valence-corrected chi connectivity index (χ2v) is 12.6. The molecule has 0 aliphatic heterocycles. The quantitative estimate of drug-likeness (QED) is 0.553. The third-order valence-corrected chi connectivity index (χ3v) is 10.9. The first-order valence-electron chi connectivity index (χ1n) is 13.1. The van der Waals surface area contributed by atoms with E-state index >= 15 is 0 Å². The minimum absolute atomic E-state index is 0.0461. The highest BCUT2D eigenvalue weighted by molar-refractivity contribution is 5.12. The van der Waals surface area contributed by atoms with Crippen molar-refractivity contribution >= 4 is 0 Å². The molecule has 0 aromatic rings. The van der Waals surface area contributed by atoms with Crippen LogP contribution in [0.3, 0.4) is 0 Å². The molecular weight excluding hydrogens is 356 g/mol.